The molecule has 1 aromatic rings. The highest BCUT2D eigenvalue weighted by Crippen LogP contribution is 2.19. The van der Waals surface area contributed by atoms with Gasteiger partial charge in [-0.1, -0.05) is 6.07 Å². The lowest BCUT2D eigenvalue weighted by atomic mass is 10.1. The third kappa shape index (κ3) is 1.85. The molecule has 1 N–H and O–H groups in total. The molecule has 0 radical (unpaired) electrons. The molecule has 0 saturated heterocycles. The number of benzene rings is 1. The summed E-state index contributed by atoms with van der Waals surface area (Å²) < 4.78 is 0. The van der Waals surface area contributed by atoms with Gasteiger partial charge in [-0.25, -0.2) is 0 Å². The molecule has 0 bridgehead atoms. The molecule has 0 heterocycles. The number of nitriles is 1. The van der Waals surface area contributed by atoms with Crippen LogP contribution in [0.25, 0.3) is 0 Å². The quantitative estimate of drug-likeness (QED) is 0.508. The van der Waals surface area contributed by atoms with Gasteiger partial charge >= 0.3 is 0 Å². The van der Waals surface area contributed by atoms with E-state index in [-0.39, 0.29) is 16.9 Å². The number of hydrogen-bond acceptors (Lipinski definition) is 3. The summed E-state index contributed by atoms with van der Waals surface area (Å²) in [6.45, 7) is 0. The number of carbonyl (C=O) groups excluding carboxylic acids is 1. The molecule has 0 aliphatic carbocycles. The van der Waals surface area contributed by atoms with Crippen LogP contribution < -0.4 is 0 Å². The number of aldehydes is 1. The molecule has 0 unspecified atom stereocenters. The van der Waals surface area contributed by atoms with Crippen LogP contribution in [0.2, 0.25) is 0 Å². The zero-order valence-electron chi connectivity index (χ0n) is 6.61. The zero-order valence-corrected chi connectivity index (χ0v) is 6.61. The van der Waals surface area contributed by atoms with Crippen LogP contribution in [0.4, 0.5) is 0 Å². The van der Waals surface area contributed by atoms with Crippen LogP contribution in [0.5, 0.6) is 5.75 Å². The highest BCUT2D eigenvalue weighted by atomic mass is 16.3. The first-order chi connectivity index (χ1) is 6.29. The van der Waals surface area contributed by atoms with Crippen LogP contribution >= 0.6 is 0 Å². The first kappa shape index (κ1) is 8.83. The lowest BCUT2D eigenvalue weighted by molar-refractivity contribution is 0.112. The van der Waals surface area contributed by atoms with Crippen molar-refractivity contribution in [1.29, 1.82) is 5.26 Å². The van der Waals surface area contributed by atoms with Gasteiger partial charge in [-0.3, -0.25) is 4.79 Å². The van der Waals surface area contributed by atoms with Crippen LogP contribution in [-0.4, -0.2) is 11.4 Å². The SMILES string of the molecule is N#CC#Cc1cccc(C=O)c1O. The second-order valence-electron chi connectivity index (χ2n) is 2.22. The van der Waals surface area contributed by atoms with Gasteiger partial charge in [0.05, 0.1) is 11.1 Å². The summed E-state index contributed by atoms with van der Waals surface area (Å²) in [7, 11) is 0. The lowest BCUT2D eigenvalue weighted by Crippen LogP contribution is -1.84. The minimum Gasteiger partial charge on any atom is -0.506 e. The predicted octanol–water partition coefficient (Wildman–Crippen LogP) is 1.08. The number of phenols is 1. The van der Waals surface area contributed by atoms with Gasteiger partial charge in [0.1, 0.15) is 5.75 Å². The van der Waals surface area contributed by atoms with Crippen molar-refractivity contribution < 1.29 is 9.90 Å². The normalized spacial score (nSPS) is 7.92. The minimum absolute atomic E-state index is 0.171. The lowest BCUT2D eigenvalue weighted by Gasteiger charge is -1.97. The Balaban J connectivity index is 3.25. The molecule has 0 spiro atoms. The molecule has 0 amide bonds. The number of nitrogens with zero attached hydrogens (tertiary/aromatic N) is 1. The standard InChI is InChI=1S/C10H5NO2/c11-6-2-5-8-3-1-4-9(7-12)10(8)13/h1,3-4,7,13H. The van der Waals surface area contributed by atoms with Gasteiger partial charge in [0.15, 0.2) is 12.4 Å². The molecule has 0 atom stereocenters. The fourth-order valence-corrected chi connectivity index (χ4v) is 0.853. The molecule has 0 saturated carbocycles. The Bertz CT molecular complexity index is 432. The smallest absolute Gasteiger partial charge is 0.153 e. The molecule has 0 aromatic heterocycles. The van der Waals surface area contributed by atoms with E-state index >= 15 is 0 Å². The second-order valence-corrected chi connectivity index (χ2v) is 2.22. The molecule has 0 aliphatic heterocycles. The fraction of sp³-hybridized carbons (Fsp3) is 0. The molecule has 0 fully saturated rings. The first-order valence-electron chi connectivity index (χ1n) is 3.47. The Kier molecular flexibility index (Phi) is 2.68. The molecule has 62 valence electrons. The van der Waals surface area contributed by atoms with E-state index < -0.39 is 0 Å². The maximum absolute atomic E-state index is 10.4. The van der Waals surface area contributed by atoms with Crippen LogP contribution in [-0.2, 0) is 0 Å². The molecule has 0 aliphatic rings. The highest BCUT2D eigenvalue weighted by molar-refractivity contribution is 5.80. The Labute approximate surface area is 75.2 Å². The van der Waals surface area contributed by atoms with Gasteiger partial charge in [-0.2, -0.15) is 5.26 Å². The average molecular weight is 171 g/mol. The Morgan fingerprint density at radius 2 is 2.23 bits per heavy atom. The van der Waals surface area contributed by atoms with E-state index in [0.29, 0.717) is 6.29 Å². The van der Waals surface area contributed by atoms with Crippen molar-refractivity contribution in [2.45, 2.75) is 0 Å². The van der Waals surface area contributed by atoms with Gasteiger partial charge in [0.25, 0.3) is 0 Å². The van der Waals surface area contributed by atoms with Gasteiger partial charge in [0, 0.05) is 5.92 Å². The maximum atomic E-state index is 10.4. The van der Waals surface area contributed by atoms with Crippen molar-refractivity contribution in [1.82, 2.24) is 0 Å². The summed E-state index contributed by atoms with van der Waals surface area (Å²) in [5.41, 5.74) is 0.455. The number of rotatable bonds is 1. The maximum Gasteiger partial charge on any atom is 0.153 e. The topological polar surface area (TPSA) is 61.1 Å². The van der Waals surface area contributed by atoms with Crippen LogP contribution in [0.15, 0.2) is 18.2 Å². The number of para-hydroxylation sites is 1. The summed E-state index contributed by atoms with van der Waals surface area (Å²) in [4.78, 5) is 10.4. The Hall–Kier alpha value is -2.26. The van der Waals surface area contributed by atoms with E-state index in [9.17, 15) is 9.90 Å². The summed E-state index contributed by atoms with van der Waals surface area (Å²) >= 11 is 0. The average Bonchev–Trinajstić information content (AvgIpc) is 2.16. The fourth-order valence-electron chi connectivity index (χ4n) is 0.853. The molecule has 13 heavy (non-hydrogen) atoms. The van der Waals surface area contributed by atoms with E-state index in [2.05, 4.69) is 11.8 Å². The van der Waals surface area contributed by atoms with E-state index in [1.807, 2.05) is 0 Å². The molecular formula is C10H5NO2. The Morgan fingerprint density at radius 1 is 1.46 bits per heavy atom. The molecule has 3 heteroatoms. The van der Waals surface area contributed by atoms with Crippen molar-refractivity contribution in [2.24, 2.45) is 0 Å². The largest absolute Gasteiger partial charge is 0.506 e. The highest BCUT2D eigenvalue weighted by Gasteiger charge is 2.02. The van der Waals surface area contributed by atoms with Crippen LogP contribution in [0, 0.1) is 23.2 Å². The number of aromatic hydroxyl groups is 1. The van der Waals surface area contributed by atoms with Crippen molar-refractivity contribution in [3.63, 3.8) is 0 Å². The summed E-state index contributed by atoms with van der Waals surface area (Å²) in [6.07, 6.45) is 0.535. The van der Waals surface area contributed by atoms with Crippen molar-refractivity contribution >= 4 is 6.29 Å². The van der Waals surface area contributed by atoms with E-state index in [0.717, 1.165) is 0 Å². The molecule has 1 aromatic carbocycles. The van der Waals surface area contributed by atoms with Crippen molar-refractivity contribution in [2.75, 3.05) is 0 Å². The van der Waals surface area contributed by atoms with Gasteiger partial charge < -0.3 is 5.11 Å². The van der Waals surface area contributed by atoms with E-state index in [1.165, 1.54) is 12.1 Å². The zero-order chi connectivity index (χ0) is 9.68. The molecule has 3 nitrogen and oxygen atoms in total. The van der Waals surface area contributed by atoms with Crippen molar-refractivity contribution in [3.8, 4) is 23.7 Å². The van der Waals surface area contributed by atoms with Gasteiger partial charge in [0.2, 0.25) is 0 Å². The molecular weight excluding hydrogens is 166 g/mol. The minimum atomic E-state index is -0.180. The summed E-state index contributed by atoms with van der Waals surface area (Å²) in [5, 5.41) is 17.5. The first-order valence-corrected chi connectivity index (χ1v) is 3.47. The number of phenolic OH excluding ortho intramolecular Hbond substituents is 1. The van der Waals surface area contributed by atoms with Crippen molar-refractivity contribution in [3.05, 3.63) is 29.3 Å². The van der Waals surface area contributed by atoms with Gasteiger partial charge in [-0.15, -0.1) is 0 Å². The monoisotopic (exact) mass is 171 g/mol. The van der Waals surface area contributed by atoms with Crippen LogP contribution in [0.1, 0.15) is 15.9 Å². The number of hydrogen-bond donors (Lipinski definition) is 1. The predicted molar refractivity (Wildman–Crippen MR) is 46.0 cm³/mol. The molecule has 1 rings (SSSR count). The van der Waals surface area contributed by atoms with Crippen LogP contribution in [0.3, 0.4) is 0 Å². The third-order valence-electron chi connectivity index (χ3n) is 1.45. The third-order valence-corrected chi connectivity index (χ3v) is 1.45. The summed E-state index contributed by atoms with van der Waals surface area (Å²) in [6, 6.07) is 6.21. The summed E-state index contributed by atoms with van der Waals surface area (Å²) in [5.74, 6) is 4.37. The number of carbonyl (C=O) groups is 1. The van der Waals surface area contributed by atoms with E-state index in [4.69, 9.17) is 5.26 Å². The van der Waals surface area contributed by atoms with E-state index in [1.54, 1.807) is 12.1 Å². The second kappa shape index (κ2) is 3.94. The Morgan fingerprint density at radius 3 is 2.85 bits per heavy atom. The van der Waals surface area contributed by atoms with Gasteiger partial charge in [-0.05, 0) is 18.1 Å².